The molecule has 0 aliphatic heterocycles. The first kappa shape index (κ1) is 16.4. The molecule has 3 nitrogen and oxygen atoms in total. The highest BCUT2D eigenvalue weighted by Gasteiger charge is 2.13. The molecule has 0 bridgehead atoms. The largest absolute Gasteiger partial charge is 0.355 e. The normalized spacial score (nSPS) is 14.4. The Labute approximate surface area is 107 Å². The van der Waals surface area contributed by atoms with Crippen LogP contribution in [-0.4, -0.2) is 24.5 Å². The van der Waals surface area contributed by atoms with Crippen molar-refractivity contribution < 1.29 is 4.79 Å². The van der Waals surface area contributed by atoms with Gasteiger partial charge in [0.25, 0.3) is 0 Å². The third-order valence-corrected chi connectivity index (χ3v) is 3.02. The van der Waals surface area contributed by atoms with Gasteiger partial charge in [-0.25, -0.2) is 0 Å². The van der Waals surface area contributed by atoms with Gasteiger partial charge in [-0.3, -0.25) is 4.79 Å². The van der Waals surface area contributed by atoms with E-state index in [-0.39, 0.29) is 11.9 Å². The summed E-state index contributed by atoms with van der Waals surface area (Å²) in [6.07, 6.45) is 7.72. The van der Waals surface area contributed by atoms with Gasteiger partial charge in [0.2, 0.25) is 5.91 Å². The van der Waals surface area contributed by atoms with Crippen molar-refractivity contribution in [1.29, 1.82) is 0 Å². The van der Waals surface area contributed by atoms with Crippen LogP contribution < -0.4 is 10.6 Å². The summed E-state index contributed by atoms with van der Waals surface area (Å²) in [7, 11) is 0. The molecule has 0 saturated carbocycles. The summed E-state index contributed by atoms with van der Waals surface area (Å²) < 4.78 is 0. The van der Waals surface area contributed by atoms with Crippen LogP contribution in [0.5, 0.6) is 0 Å². The van der Waals surface area contributed by atoms with Gasteiger partial charge in [0.1, 0.15) is 0 Å². The number of nitrogens with one attached hydrogen (secondary N) is 2. The fourth-order valence-electron chi connectivity index (χ4n) is 1.97. The zero-order valence-electron chi connectivity index (χ0n) is 12.0. The highest BCUT2D eigenvalue weighted by molar-refractivity contribution is 5.81. The van der Waals surface area contributed by atoms with Gasteiger partial charge < -0.3 is 10.6 Å². The van der Waals surface area contributed by atoms with E-state index >= 15 is 0 Å². The van der Waals surface area contributed by atoms with Gasteiger partial charge in [-0.15, -0.1) is 0 Å². The molecular weight excluding hydrogens is 212 g/mol. The van der Waals surface area contributed by atoms with Gasteiger partial charge in [0, 0.05) is 12.6 Å². The van der Waals surface area contributed by atoms with E-state index in [4.69, 9.17) is 0 Å². The van der Waals surface area contributed by atoms with Crippen LogP contribution in [0.3, 0.4) is 0 Å². The molecule has 0 saturated heterocycles. The first-order valence-corrected chi connectivity index (χ1v) is 7.15. The van der Waals surface area contributed by atoms with Gasteiger partial charge >= 0.3 is 0 Å². The number of hydrogen-bond acceptors (Lipinski definition) is 2. The summed E-state index contributed by atoms with van der Waals surface area (Å²) in [4.78, 5) is 11.5. The van der Waals surface area contributed by atoms with E-state index in [1.807, 2.05) is 13.8 Å². The Morgan fingerprint density at radius 3 is 2.29 bits per heavy atom. The van der Waals surface area contributed by atoms with E-state index in [1.165, 1.54) is 32.1 Å². The third kappa shape index (κ3) is 9.16. The van der Waals surface area contributed by atoms with Crippen molar-refractivity contribution in [2.24, 2.45) is 0 Å². The van der Waals surface area contributed by atoms with E-state index in [0.29, 0.717) is 12.6 Å². The number of rotatable bonds is 10. The van der Waals surface area contributed by atoms with Crippen molar-refractivity contribution in [3.8, 4) is 0 Å². The standard InChI is InChI=1S/C14H30N2O/c1-5-7-8-9-10-11-12(3)16-13(4)14(17)15-6-2/h12-13,16H,5-11H2,1-4H3,(H,15,17). The molecule has 0 aliphatic carbocycles. The molecular formula is C14H30N2O. The molecule has 3 heteroatoms. The molecule has 0 aromatic heterocycles. The summed E-state index contributed by atoms with van der Waals surface area (Å²) in [5.74, 6) is 0.102. The molecule has 0 fully saturated rings. The van der Waals surface area contributed by atoms with Crippen molar-refractivity contribution in [3.63, 3.8) is 0 Å². The van der Waals surface area contributed by atoms with Gasteiger partial charge in [-0.05, 0) is 27.2 Å². The molecule has 2 N–H and O–H groups in total. The Morgan fingerprint density at radius 2 is 1.71 bits per heavy atom. The molecule has 0 aromatic rings. The van der Waals surface area contributed by atoms with Crippen LogP contribution in [0.4, 0.5) is 0 Å². The van der Waals surface area contributed by atoms with E-state index in [0.717, 1.165) is 6.42 Å². The van der Waals surface area contributed by atoms with Gasteiger partial charge in [-0.2, -0.15) is 0 Å². The molecule has 0 radical (unpaired) electrons. The summed E-state index contributed by atoms with van der Waals surface area (Å²) in [6, 6.07) is 0.342. The molecule has 2 atom stereocenters. The van der Waals surface area contributed by atoms with E-state index in [2.05, 4.69) is 24.5 Å². The lowest BCUT2D eigenvalue weighted by Crippen LogP contribution is -2.45. The van der Waals surface area contributed by atoms with Crippen LogP contribution in [0.15, 0.2) is 0 Å². The molecule has 2 unspecified atom stereocenters. The maximum absolute atomic E-state index is 11.5. The van der Waals surface area contributed by atoms with Crippen molar-refractivity contribution in [2.45, 2.75) is 78.3 Å². The van der Waals surface area contributed by atoms with Gasteiger partial charge in [0.05, 0.1) is 6.04 Å². The number of likely N-dealkylation sites (N-methyl/N-ethyl adjacent to an activating group) is 1. The first-order chi connectivity index (χ1) is 8.11. The van der Waals surface area contributed by atoms with Crippen LogP contribution in [0, 0.1) is 0 Å². The maximum Gasteiger partial charge on any atom is 0.236 e. The molecule has 0 heterocycles. The SMILES string of the molecule is CCCCCCCC(C)NC(C)C(=O)NCC. The van der Waals surface area contributed by atoms with Gasteiger partial charge in [-0.1, -0.05) is 39.0 Å². The van der Waals surface area contributed by atoms with Crippen LogP contribution in [0.25, 0.3) is 0 Å². The topological polar surface area (TPSA) is 41.1 Å². The van der Waals surface area contributed by atoms with Crippen LogP contribution in [0.2, 0.25) is 0 Å². The third-order valence-electron chi connectivity index (χ3n) is 3.02. The zero-order valence-corrected chi connectivity index (χ0v) is 12.0. The summed E-state index contributed by atoms with van der Waals surface area (Å²) in [5, 5.41) is 6.18. The first-order valence-electron chi connectivity index (χ1n) is 7.15. The average Bonchev–Trinajstić information content (AvgIpc) is 2.29. The van der Waals surface area contributed by atoms with Crippen molar-refractivity contribution >= 4 is 5.91 Å². The number of hydrogen-bond donors (Lipinski definition) is 2. The number of carbonyl (C=O) groups is 1. The molecule has 17 heavy (non-hydrogen) atoms. The summed E-state index contributed by atoms with van der Waals surface area (Å²) in [6.45, 7) is 8.98. The average molecular weight is 242 g/mol. The summed E-state index contributed by atoms with van der Waals surface area (Å²) in [5.41, 5.74) is 0. The molecule has 0 rings (SSSR count). The van der Waals surface area contributed by atoms with E-state index in [1.54, 1.807) is 0 Å². The Morgan fingerprint density at radius 1 is 1.06 bits per heavy atom. The van der Waals surface area contributed by atoms with Gasteiger partial charge in [0.15, 0.2) is 0 Å². The highest BCUT2D eigenvalue weighted by atomic mass is 16.2. The Bertz CT molecular complexity index is 195. The number of unbranched alkanes of at least 4 members (excludes halogenated alkanes) is 4. The second kappa shape index (κ2) is 10.6. The fraction of sp³-hybridized carbons (Fsp3) is 0.929. The second-order valence-electron chi connectivity index (χ2n) is 4.89. The zero-order chi connectivity index (χ0) is 13.1. The smallest absolute Gasteiger partial charge is 0.236 e. The molecule has 0 aromatic carbocycles. The van der Waals surface area contributed by atoms with Crippen molar-refractivity contribution in [3.05, 3.63) is 0 Å². The minimum atomic E-state index is -0.0828. The minimum Gasteiger partial charge on any atom is -0.355 e. The lowest BCUT2D eigenvalue weighted by Gasteiger charge is -2.19. The molecule has 0 spiro atoms. The predicted octanol–water partition coefficient (Wildman–Crippen LogP) is 2.85. The van der Waals surface area contributed by atoms with Crippen molar-refractivity contribution in [1.82, 2.24) is 10.6 Å². The van der Waals surface area contributed by atoms with E-state index in [9.17, 15) is 4.79 Å². The Hall–Kier alpha value is -0.570. The van der Waals surface area contributed by atoms with Crippen LogP contribution in [-0.2, 0) is 4.79 Å². The molecule has 0 aliphatic rings. The molecule has 102 valence electrons. The fourth-order valence-corrected chi connectivity index (χ4v) is 1.97. The van der Waals surface area contributed by atoms with E-state index < -0.39 is 0 Å². The Kier molecular flexibility index (Phi) is 10.2. The second-order valence-corrected chi connectivity index (χ2v) is 4.89. The quantitative estimate of drug-likeness (QED) is 0.578. The number of amides is 1. The lowest BCUT2D eigenvalue weighted by atomic mass is 10.1. The molecule has 1 amide bonds. The van der Waals surface area contributed by atoms with Crippen LogP contribution in [0.1, 0.15) is 66.2 Å². The van der Waals surface area contributed by atoms with Crippen LogP contribution >= 0.6 is 0 Å². The maximum atomic E-state index is 11.5. The lowest BCUT2D eigenvalue weighted by molar-refractivity contribution is -0.122. The monoisotopic (exact) mass is 242 g/mol. The highest BCUT2D eigenvalue weighted by Crippen LogP contribution is 2.07. The summed E-state index contributed by atoms with van der Waals surface area (Å²) >= 11 is 0. The predicted molar refractivity (Wildman–Crippen MR) is 74.1 cm³/mol. The minimum absolute atomic E-state index is 0.0828. The number of carbonyl (C=O) groups excluding carboxylic acids is 1. The Balaban J connectivity index is 3.56. The van der Waals surface area contributed by atoms with Crippen molar-refractivity contribution in [2.75, 3.05) is 6.54 Å².